The van der Waals surface area contributed by atoms with E-state index in [-0.39, 0.29) is 24.3 Å². The van der Waals surface area contributed by atoms with Crippen molar-refractivity contribution in [1.82, 2.24) is 14.8 Å². The number of rotatable bonds is 12. The van der Waals surface area contributed by atoms with Gasteiger partial charge in [0.15, 0.2) is 0 Å². The maximum absolute atomic E-state index is 13.4. The van der Waals surface area contributed by atoms with Crippen LogP contribution in [-0.4, -0.2) is 46.4 Å². The van der Waals surface area contributed by atoms with Crippen molar-refractivity contribution >= 4 is 23.2 Å². The second-order valence-corrected chi connectivity index (χ2v) is 12.1. The van der Waals surface area contributed by atoms with Gasteiger partial charge < -0.3 is 14.4 Å². The summed E-state index contributed by atoms with van der Waals surface area (Å²) < 4.78 is 51.4. The fourth-order valence-corrected chi connectivity index (χ4v) is 6.18. The molecule has 0 saturated carbocycles. The molecule has 0 atom stereocenters. The lowest BCUT2D eigenvalue weighted by Gasteiger charge is -2.30. The van der Waals surface area contributed by atoms with Gasteiger partial charge in [0.1, 0.15) is 23.1 Å². The monoisotopic (exact) mass is 651 g/mol. The van der Waals surface area contributed by atoms with Crippen LogP contribution in [0.25, 0.3) is 0 Å². The van der Waals surface area contributed by atoms with Gasteiger partial charge in [-0.15, -0.1) is 11.3 Å². The zero-order valence-electron chi connectivity index (χ0n) is 25.5. The summed E-state index contributed by atoms with van der Waals surface area (Å²) >= 11 is 1.34. The number of carbonyl (C=O) groups is 2. The maximum Gasteiger partial charge on any atom is 0.416 e. The average molecular weight is 652 g/mol. The zero-order chi connectivity index (χ0) is 32.5. The molecule has 1 aliphatic heterocycles. The Hall–Kier alpha value is -4.22. The minimum absolute atomic E-state index is 0.194. The predicted octanol–water partition coefficient (Wildman–Crippen LogP) is 7.36. The summed E-state index contributed by atoms with van der Waals surface area (Å²) in [5, 5.41) is 2.40. The number of thiazole rings is 1. The molecule has 5 rings (SSSR count). The number of aromatic nitrogens is 1. The van der Waals surface area contributed by atoms with E-state index in [2.05, 4.69) is 4.98 Å². The van der Waals surface area contributed by atoms with E-state index >= 15 is 0 Å². The van der Waals surface area contributed by atoms with E-state index < -0.39 is 11.7 Å². The normalized spacial score (nSPS) is 14.0. The van der Waals surface area contributed by atoms with Crippen molar-refractivity contribution in [1.29, 1.82) is 0 Å². The number of likely N-dealkylation sites (tertiary alicyclic amines) is 1. The lowest BCUT2D eigenvalue weighted by Crippen LogP contribution is -2.40. The Morgan fingerprint density at radius 1 is 0.913 bits per heavy atom. The van der Waals surface area contributed by atoms with Crippen LogP contribution in [0.1, 0.15) is 57.5 Å². The number of halogens is 3. The van der Waals surface area contributed by atoms with Crippen LogP contribution in [0.3, 0.4) is 0 Å². The van der Waals surface area contributed by atoms with Crippen LogP contribution in [0, 0.1) is 5.92 Å². The fraction of sp³-hybridized carbons (Fsp3) is 0.343. The van der Waals surface area contributed by atoms with E-state index in [1.807, 2.05) is 59.5 Å². The molecule has 46 heavy (non-hydrogen) atoms. The third kappa shape index (κ3) is 9.17. The summed E-state index contributed by atoms with van der Waals surface area (Å²) in [5.41, 5.74) is 2.17. The van der Waals surface area contributed by atoms with Crippen molar-refractivity contribution < 1.29 is 32.2 Å². The highest BCUT2D eigenvalue weighted by Crippen LogP contribution is 2.30. The summed E-state index contributed by atoms with van der Waals surface area (Å²) in [6.45, 7) is 4.47. The Balaban J connectivity index is 1.26. The van der Waals surface area contributed by atoms with Gasteiger partial charge in [-0.3, -0.25) is 14.5 Å². The molecule has 11 heteroatoms. The van der Waals surface area contributed by atoms with Gasteiger partial charge in [-0.1, -0.05) is 60.7 Å². The molecule has 1 aromatic heterocycles. The molecule has 1 amide bonds. The molecule has 0 bridgehead atoms. The first-order chi connectivity index (χ1) is 22.2. The highest BCUT2D eigenvalue weighted by molar-refractivity contribution is 7.09. The van der Waals surface area contributed by atoms with Crippen molar-refractivity contribution in [2.45, 2.75) is 52.2 Å². The van der Waals surface area contributed by atoms with Crippen molar-refractivity contribution in [3.8, 4) is 5.75 Å². The number of amides is 1. The summed E-state index contributed by atoms with van der Waals surface area (Å²) in [7, 11) is 0. The van der Waals surface area contributed by atoms with Crippen molar-refractivity contribution in [3.05, 3.63) is 117 Å². The molecule has 3 aromatic carbocycles. The Bertz CT molecular complexity index is 1590. The van der Waals surface area contributed by atoms with Gasteiger partial charge in [0.05, 0.1) is 24.6 Å². The molecule has 1 fully saturated rings. The lowest BCUT2D eigenvalue weighted by molar-refractivity contribution is -0.149. The van der Waals surface area contributed by atoms with Crippen LogP contribution in [-0.2, 0) is 41.9 Å². The van der Waals surface area contributed by atoms with Crippen LogP contribution >= 0.6 is 11.3 Å². The molecule has 242 valence electrons. The predicted molar refractivity (Wildman–Crippen MR) is 169 cm³/mol. The highest BCUT2D eigenvalue weighted by Gasteiger charge is 2.31. The van der Waals surface area contributed by atoms with Crippen LogP contribution in [0.5, 0.6) is 5.75 Å². The Kier molecular flexibility index (Phi) is 11.1. The van der Waals surface area contributed by atoms with Crippen LogP contribution < -0.4 is 4.74 Å². The Morgan fingerprint density at radius 3 is 2.30 bits per heavy atom. The van der Waals surface area contributed by atoms with Crippen LogP contribution in [0.2, 0.25) is 0 Å². The van der Waals surface area contributed by atoms with Gasteiger partial charge in [-0.25, -0.2) is 4.98 Å². The molecule has 1 saturated heterocycles. The van der Waals surface area contributed by atoms with E-state index in [1.54, 1.807) is 23.3 Å². The second-order valence-electron chi connectivity index (χ2n) is 11.2. The third-order valence-electron chi connectivity index (χ3n) is 7.77. The van der Waals surface area contributed by atoms with Gasteiger partial charge in [-0.05, 0) is 54.7 Å². The van der Waals surface area contributed by atoms with E-state index in [0.29, 0.717) is 74.2 Å². The van der Waals surface area contributed by atoms with Gasteiger partial charge in [-0.2, -0.15) is 13.2 Å². The molecule has 2 heterocycles. The zero-order valence-corrected chi connectivity index (χ0v) is 26.4. The summed E-state index contributed by atoms with van der Waals surface area (Å²) in [6.07, 6.45) is -3.35. The number of benzene rings is 3. The number of piperidine rings is 1. The Labute approximate surface area is 270 Å². The van der Waals surface area contributed by atoms with Gasteiger partial charge in [0.25, 0.3) is 5.91 Å². The fourth-order valence-electron chi connectivity index (χ4n) is 5.38. The molecular formula is C35H36F3N3O4S. The van der Waals surface area contributed by atoms with Crippen molar-refractivity contribution in [2.75, 3.05) is 19.7 Å². The minimum atomic E-state index is -4.44. The molecule has 7 nitrogen and oxygen atoms in total. The van der Waals surface area contributed by atoms with E-state index in [4.69, 9.17) is 9.47 Å². The molecule has 4 aromatic rings. The smallest absolute Gasteiger partial charge is 0.416 e. The molecular weight excluding hydrogens is 615 g/mol. The molecule has 0 aliphatic carbocycles. The molecule has 0 unspecified atom stereocenters. The first-order valence-corrected chi connectivity index (χ1v) is 16.1. The molecule has 1 aliphatic rings. The third-order valence-corrected chi connectivity index (χ3v) is 8.60. The summed E-state index contributed by atoms with van der Waals surface area (Å²) in [6, 6.07) is 22.8. The summed E-state index contributed by atoms with van der Waals surface area (Å²) in [4.78, 5) is 33.6. The topological polar surface area (TPSA) is 72.0 Å². The van der Waals surface area contributed by atoms with Crippen molar-refractivity contribution in [2.24, 2.45) is 5.92 Å². The van der Waals surface area contributed by atoms with E-state index in [0.717, 1.165) is 17.2 Å². The largest absolute Gasteiger partial charge is 0.489 e. The molecule has 0 spiro atoms. The maximum atomic E-state index is 13.4. The molecule has 0 N–H and O–H groups in total. The first-order valence-electron chi connectivity index (χ1n) is 15.2. The van der Waals surface area contributed by atoms with Crippen molar-refractivity contribution in [3.63, 3.8) is 0 Å². The van der Waals surface area contributed by atoms with Crippen LogP contribution in [0.4, 0.5) is 13.2 Å². The standard InChI is InChI=1S/C35H36F3N3O4S/c1-2-44-34(43)28-15-17-41(18-16-28)33(42)31-24-46-32(39-31)22-40(21-27-9-6-10-29(19-27)35(36,37)38)20-25-11-13-30(14-12-25)45-23-26-7-4-3-5-8-26/h3-14,19,24,28H,2,15-18,20-23H2,1H3. The SMILES string of the molecule is CCOC(=O)C1CCN(C(=O)c2csc(CN(Cc3ccc(OCc4ccccc4)cc3)Cc3cccc(C(F)(F)F)c3)n2)CC1. The quantitative estimate of drug-likeness (QED) is 0.149. The number of nitrogens with zero attached hydrogens (tertiary/aromatic N) is 3. The average Bonchev–Trinajstić information content (AvgIpc) is 3.53. The number of hydrogen-bond acceptors (Lipinski definition) is 7. The molecule has 0 radical (unpaired) electrons. The Morgan fingerprint density at radius 2 is 1.61 bits per heavy atom. The highest BCUT2D eigenvalue weighted by atomic mass is 32.1. The second kappa shape index (κ2) is 15.4. The minimum Gasteiger partial charge on any atom is -0.489 e. The van der Waals surface area contributed by atoms with E-state index in [1.165, 1.54) is 23.5 Å². The van der Waals surface area contributed by atoms with Crippen LogP contribution in [0.15, 0.2) is 84.2 Å². The number of carbonyl (C=O) groups excluding carboxylic acids is 2. The summed E-state index contributed by atoms with van der Waals surface area (Å²) in [5.74, 6) is 0.0939. The number of esters is 1. The van der Waals surface area contributed by atoms with Gasteiger partial charge >= 0.3 is 12.1 Å². The number of hydrogen-bond donors (Lipinski definition) is 0. The number of alkyl halides is 3. The van der Waals surface area contributed by atoms with E-state index in [9.17, 15) is 22.8 Å². The lowest BCUT2D eigenvalue weighted by atomic mass is 9.97. The van der Waals surface area contributed by atoms with Gasteiger partial charge in [0.2, 0.25) is 0 Å². The van der Waals surface area contributed by atoms with Gasteiger partial charge in [0, 0.05) is 31.6 Å². The number of ether oxygens (including phenoxy) is 2. The first kappa shape index (κ1) is 33.2.